The second kappa shape index (κ2) is 16.9. The number of carbonyl (C=O) groups excluding carboxylic acids is 2. The Labute approximate surface area is 326 Å². The number of likely N-dealkylation sites (N-methyl/N-ethyl adjacent to an activating group) is 1. The summed E-state index contributed by atoms with van der Waals surface area (Å²) >= 11 is 6.53. The number of likely N-dealkylation sites (tertiary alicyclic amines) is 1. The molecule has 288 valence electrons. The number of rotatable bonds is 15. The molecule has 2 aromatic heterocycles. The molecule has 2 aliphatic rings. The normalized spacial score (nSPS) is 16.1. The van der Waals surface area contributed by atoms with Gasteiger partial charge in [-0.25, -0.2) is 4.98 Å². The lowest BCUT2D eigenvalue weighted by atomic mass is 9.88. The summed E-state index contributed by atoms with van der Waals surface area (Å²) in [5, 5.41) is 16.6. The predicted molar refractivity (Wildman–Crippen MR) is 215 cm³/mol. The number of halogens is 1. The maximum Gasteiger partial charge on any atom is 0.261 e. The van der Waals surface area contributed by atoms with Gasteiger partial charge in [0.25, 0.3) is 11.5 Å². The zero-order valence-corrected chi connectivity index (χ0v) is 32.3. The van der Waals surface area contributed by atoms with Gasteiger partial charge in [-0.1, -0.05) is 48.0 Å². The number of amides is 2. The third-order valence-electron chi connectivity index (χ3n) is 10.8. The summed E-state index contributed by atoms with van der Waals surface area (Å²) in [4.78, 5) is 53.8. The first-order chi connectivity index (χ1) is 26.5. The molecule has 0 radical (unpaired) electrons. The van der Waals surface area contributed by atoms with E-state index in [9.17, 15) is 19.5 Å². The average Bonchev–Trinajstić information content (AvgIpc) is 4.03. The van der Waals surface area contributed by atoms with Gasteiger partial charge in [0.2, 0.25) is 5.91 Å². The van der Waals surface area contributed by atoms with Crippen LogP contribution in [0, 0.1) is 5.92 Å². The number of ether oxygens (including phenoxy) is 1. The van der Waals surface area contributed by atoms with E-state index in [1.54, 1.807) is 30.3 Å². The predicted octanol–water partition coefficient (Wildman–Crippen LogP) is 5.84. The molecule has 1 atom stereocenters. The first-order valence-corrected chi connectivity index (χ1v) is 19.6. The van der Waals surface area contributed by atoms with Gasteiger partial charge in [0.05, 0.1) is 39.9 Å². The van der Waals surface area contributed by atoms with Crippen LogP contribution in [-0.4, -0.2) is 93.7 Å². The first kappa shape index (κ1) is 38.4. The minimum absolute atomic E-state index is 0.0364. The summed E-state index contributed by atoms with van der Waals surface area (Å²) in [6, 6.07) is 22.6. The molecule has 0 unspecified atom stereocenters. The number of nitrogens with zero attached hydrogens (tertiary/aromatic N) is 5. The first-order valence-electron chi connectivity index (χ1n) is 19.3. The maximum absolute atomic E-state index is 14.0. The van der Waals surface area contributed by atoms with Crippen molar-refractivity contribution >= 4 is 45.2 Å². The maximum atomic E-state index is 14.0. The van der Waals surface area contributed by atoms with Crippen molar-refractivity contribution in [3.63, 3.8) is 0 Å². The van der Waals surface area contributed by atoms with Crippen molar-refractivity contribution in [1.82, 2.24) is 29.7 Å². The molecule has 11 nitrogen and oxygen atoms in total. The molecule has 1 aliphatic carbocycles. The largest absolute Gasteiger partial charge is 0.492 e. The van der Waals surface area contributed by atoms with Crippen LogP contribution >= 0.6 is 11.6 Å². The van der Waals surface area contributed by atoms with E-state index < -0.39 is 5.60 Å². The number of piperidine rings is 1. The van der Waals surface area contributed by atoms with Gasteiger partial charge in [0, 0.05) is 60.7 Å². The van der Waals surface area contributed by atoms with Crippen molar-refractivity contribution < 1.29 is 19.4 Å². The average molecular weight is 765 g/mol. The second-order valence-electron chi connectivity index (χ2n) is 15.4. The standard InChI is InChI=1S/C43H49ClN6O5/c1-48(2)21-22-55-33-13-15-35-38(25-33)46-28-50(42(35)53)27-43(54)16-19-49(20-17-43)41(52)32(23-29-7-4-3-5-8-29)9-6-18-45-40(51)31-12-14-34-36(44)26-37(30-10-11-30)47-39(34)24-31/h3-5,7-8,12-15,24-26,28,30,32,54H,6,9-11,16-23,27H2,1-2H3,(H,45,51)/t32-/m1/s1. The Morgan fingerprint density at radius 1 is 1.02 bits per heavy atom. The number of fused-ring (bicyclic) bond motifs is 2. The van der Waals surface area contributed by atoms with Gasteiger partial charge >= 0.3 is 0 Å². The van der Waals surface area contributed by atoms with Crippen molar-refractivity contribution in [2.75, 3.05) is 46.9 Å². The molecule has 12 heteroatoms. The Morgan fingerprint density at radius 3 is 2.53 bits per heavy atom. The lowest BCUT2D eigenvalue weighted by Gasteiger charge is -2.39. The molecule has 2 fully saturated rings. The highest BCUT2D eigenvalue weighted by molar-refractivity contribution is 6.35. The number of aliphatic hydroxyl groups is 1. The van der Waals surface area contributed by atoms with Crippen molar-refractivity contribution in [3.05, 3.63) is 111 Å². The highest BCUT2D eigenvalue weighted by atomic mass is 35.5. The number of carbonyl (C=O) groups is 2. The van der Waals surface area contributed by atoms with E-state index in [-0.39, 0.29) is 29.8 Å². The molecule has 0 spiro atoms. The molecule has 2 N–H and O–H groups in total. The molecular formula is C43H49ClN6O5. The topological polar surface area (TPSA) is 130 Å². The Kier molecular flexibility index (Phi) is 11.8. The summed E-state index contributed by atoms with van der Waals surface area (Å²) in [5.41, 5.74) is 2.46. The molecule has 0 bridgehead atoms. The fourth-order valence-corrected chi connectivity index (χ4v) is 7.63. The van der Waals surface area contributed by atoms with Crippen LogP contribution in [0.2, 0.25) is 5.02 Å². The molecule has 2 amide bonds. The monoisotopic (exact) mass is 764 g/mol. The van der Waals surface area contributed by atoms with E-state index in [0.29, 0.717) is 91.5 Å². The van der Waals surface area contributed by atoms with Crippen LogP contribution in [0.15, 0.2) is 83.9 Å². The highest BCUT2D eigenvalue weighted by Crippen LogP contribution is 2.41. The smallest absolute Gasteiger partial charge is 0.261 e. The fraction of sp³-hybridized carbons (Fsp3) is 0.419. The number of hydrogen-bond acceptors (Lipinski definition) is 8. The Bertz CT molecular complexity index is 2220. The summed E-state index contributed by atoms with van der Waals surface area (Å²) in [6.07, 6.45) is 6.18. The van der Waals surface area contributed by atoms with Gasteiger partial charge in [-0.05, 0) is 94.9 Å². The van der Waals surface area contributed by atoms with E-state index in [2.05, 4.69) is 10.3 Å². The Hall–Kier alpha value is -4.84. The molecule has 1 saturated heterocycles. The van der Waals surface area contributed by atoms with Crippen LogP contribution in [0.25, 0.3) is 21.8 Å². The van der Waals surface area contributed by atoms with Gasteiger partial charge in [-0.15, -0.1) is 0 Å². The van der Waals surface area contributed by atoms with Gasteiger partial charge in [-0.3, -0.25) is 23.9 Å². The number of aromatic nitrogens is 3. The summed E-state index contributed by atoms with van der Waals surface area (Å²) in [7, 11) is 3.95. The van der Waals surface area contributed by atoms with Crippen molar-refractivity contribution in [2.45, 2.75) is 63.0 Å². The van der Waals surface area contributed by atoms with Gasteiger partial charge in [0.1, 0.15) is 12.4 Å². The number of hydrogen-bond donors (Lipinski definition) is 2. The Balaban J connectivity index is 0.947. The van der Waals surface area contributed by atoms with Gasteiger partial charge in [-0.2, -0.15) is 0 Å². The van der Waals surface area contributed by atoms with Gasteiger partial charge in [0.15, 0.2) is 0 Å². The quantitative estimate of drug-likeness (QED) is 0.127. The lowest BCUT2D eigenvalue weighted by molar-refractivity contribution is -0.140. The molecule has 5 aromatic rings. The minimum atomic E-state index is -1.16. The van der Waals surface area contributed by atoms with Crippen LogP contribution in [0.1, 0.15) is 66.1 Å². The summed E-state index contributed by atoms with van der Waals surface area (Å²) in [6.45, 7) is 2.56. The van der Waals surface area contributed by atoms with Crippen LogP contribution < -0.4 is 15.6 Å². The van der Waals surface area contributed by atoms with Gasteiger partial charge < -0.3 is 25.0 Å². The van der Waals surface area contributed by atoms with E-state index in [0.717, 1.165) is 41.5 Å². The molecule has 55 heavy (non-hydrogen) atoms. The Morgan fingerprint density at radius 2 is 1.78 bits per heavy atom. The lowest BCUT2D eigenvalue weighted by Crippen LogP contribution is -2.51. The molecule has 1 aliphatic heterocycles. The van der Waals surface area contributed by atoms with E-state index in [1.165, 1.54) is 10.9 Å². The zero-order chi connectivity index (χ0) is 38.5. The van der Waals surface area contributed by atoms with Crippen molar-refractivity contribution in [1.29, 1.82) is 0 Å². The SMILES string of the molecule is CN(C)CCOc1ccc2c(=O)n(CC3(O)CCN(C(=O)[C@H](CCCNC(=O)c4ccc5c(Cl)cc(C6CC6)nc5c4)Cc4ccccc4)CC3)cnc2c1. The minimum Gasteiger partial charge on any atom is -0.492 e. The number of benzene rings is 3. The highest BCUT2D eigenvalue weighted by Gasteiger charge is 2.36. The molecule has 3 heterocycles. The fourth-order valence-electron chi connectivity index (χ4n) is 7.36. The second-order valence-corrected chi connectivity index (χ2v) is 15.8. The molecule has 3 aromatic carbocycles. The van der Waals surface area contributed by atoms with Crippen molar-refractivity contribution in [2.24, 2.45) is 5.92 Å². The third kappa shape index (κ3) is 9.52. The summed E-state index contributed by atoms with van der Waals surface area (Å²) in [5.74, 6) is 0.663. The van der Waals surface area contributed by atoms with E-state index in [4.69, 9.17) is 21.3 Å². The van der Waals surface area contributed by atoms with E-state index >= 15 is 0 Å². The summed E-state index contributed by atoms with van der Waals surface area (Å²) < 4.78 is 7.27. The third-order valence-corrected chi connectivity index (χ3v) is 11.1. The number of nitrogens with one attached hydrogen (secondary N) is 1. The van der Waals surface area contributed by atoms with Crippen LogP contribution in [0.4, 0.5) is 0 Å². The molecular weight excluding hydrogens is 716 g/mol. The van der Waals surface area contributed by atoms with Crippen LogP contribution in [0.5, 0.6) is 5.75 Å². The van der Waals surface area contributed by atoms with Crippen molar-refractivity contribution in [3.8, 4) is 5.75 Å². The number of pyridine rings is 1. The van der Waals surface area contributed by atoms with E-state index in [1.807, 2.05) is 66.4 Å². The zero-order valence-electron chi connectivity index (χ0n) is 31.5. The molecule has 1 saturated carbocycles. The van der Waals surface area contributed by atoms with Crippen LogP contribution in [0.3, 0.4) is 0 Å². The molecule has 7 rings (SSSR count). The van der Waals surface area contributed by atoms with Crippen LogP contribution in [-0.2, 0) is 17.8 Å².